The summed E-state index contributed by atoms with van der Waals surface area (Å²) >= 11 is 0. The third kappa shape index (κ3) is 5.64. The number of rotatable bonds is 7. The van der Waals surface area contributed by atoms with E-state index in [4.69, 9.17) is 4.74 Å². The molecule has 10 heteroatoms. The first-order chi connectivity index (χ1) is 17.6. The number of hydrogen-bond donors (Lipinski definition) is 2. The molecule has 0 saturated carbocycles. The van der Waals surface area contributed by atoms with Gasteiger partial charge in [0.25, 0.3) is 5.91 Å². The Balaban J connectivity index is 1.23. The van der Waals surface area contributed by atoms with Crippen LogP contribution >= 0.6 is 0 Å². The average molecular weight is 498 g/mol. The van der Waals surface area contributed by atoms with Crippen LogP contribution < -0.4 is 10.6 Å². The van der Waals surface area contributed by atoms with Crippen LogP contribution in [0.2, 0.25) is 0 Å². The summed E-state index contributed by atoms with van der Waals surface area (Å²) < 4.78 is 7.36. The van der Waals surface area contributed by atoms with Gasteiger partial charge in [-0.05, 0) is 58.5 Å². The summed E-state index contributed by atoms with van der Waals surface area (Å²) in [5, 5.41) is 12.2. The average Bonchev–Trinajstić information content (AvgIpc) is 3.34. The lowest BCUT2D eigenvalue weighted by molar-refractivity contribution is -0.133. The van der Waals surface area contributed by atoms with Gasteiger partial charge in [-0.25, -0.2) is 9.67 Å². The monoisotopic (exact) mass is 497 g/mol. The zero-order valence-electron chi connectivity index (χ0n) is 21.4. The van der Waals surface area contributed by atoms with E-state index in [1.54, 1.807) is 12.4 Å². The van der Waals surface area contributed by atoms with Crippen molar-refractivity contribution in [2.45, 2.75) is 70.5 Å². The lowest BCUT2D eigenvalue weighted by atomic mass is 10.0. The van der Waals surface area contributed by atoms with Crippen molar-refractivity contribution < 1.29 is 14.3 Å². The number of carbonyl (C=O) groups excluding carboxylic acids is 2. The Morgan fingerprint density at radius 3 is 2.47 bits per heavy atom. The SMILES string of the molecule is CCn1ncc2c(NC3CCOCC3)c(C(=O)NC3CCN(C(=O)CN4CCCCC4)CC3)cnc21. The number of ether oxygens (including phenoxy) is 1. The van der Waals surface area contributed by atoms with Crippen molar-refractivity contribution in [2.75, 3.05) is 51.3 Å². The van der Waals surface area contributed by atoms with E-state index in [9.17, 15) is 9.59 Å². The van der Waals surface area contributed by atoms with Gasteiger partial charge in [0.15, 0.2) is 5.65 Å². The molecule has 5 heterocycles. The molecule has 2 amide bonds. The van der Waals surface area contributed by atoms with Gasteiger partial charge in [0.05, 0.1) is 29.4 Å². The summed E-state index contributed by atoms with van der Waals surface area (Å²) in [6.45, 7) is 8.13. The molecule has 0 radical (unpaired) electrons. The maximum Gasteiger partial charge on any atom is 0.255 e. The predicted octanol–water partition coefficient (Wildman–Crippen LogP) is 2.25. The zero-order valence-corrected chi connectivity index (χ0v) is 21.4. The van der Waals surface area contributed by atoms with Crippen molar-refractivity contribution in [1.82, 2.24) is 29.9 Å². The number of hydrogen-bond acceptors (Lipinski definition) is 7. The molecule has 0 bridgehead atoms. The van der Waals surface area contributed by atoms with E-state index in [2.05, 4.69) is 25.6 Å². The smallest absolute Gasteiger partial charge is 0.255 e. The Bertz CT molecular complexity index is 1050. The quantitative estimate of drug-likeness (QED) is 0.605. The second kappa shape index (κ2) is 11.6. The lowest BCUT2D eigenvalue weighted by Gasteiger charge is -2.34. The highest BCUT2D eigenvalue weighted by molar-refractivity contribution is 6.06. The minimum absolute atomic E-state index is 0.0431. The maximum atomic E-state index is 13.4. The molecular weight excluding hydrogens is 458 g/mol. The van der Waals surface area contributed by atoms with Crippen LogP contribution in [0, 0.1) is 0 Å². The summed E-state index contributed by atoms with van der Waals surface area (Å²) in [5.41, 5.74) is 2.13. The highest BCUT2D eigenvalue weighted by Gasteiger charge is 2.27. The molecule has 0 unspecified atom stereocenters. The van der Waals surface area contributed by atoms with Gasteiger partial charge in [0, 0.05) is 51.1 Å². The Morgan fingerprint density at radius 1 is 1.00 bits per heavy atom. The number of nitrogens with one attached hydrogen (secondary N) is 2. The number of fused-ring (bicyclic) bond motifs is 1. The lowest BCUT2D eigenvalue weighted by Crippen LogP contribution is -2.49. The van der Waals surface area contributed by atoms with E-state index in [0.29, 0.717) is 31.7 Å². The fourth-order valence-electron chi connectivity index (χ4n) is 5.58. The van der Waals surface area contributed by atoms with Crippen molar-refractivity contribution in [3.63, 3.8) is 0 Å². The minimum atomic E-state index is -0.124. The molecule has 3 aliphatic rings. The number of nitrogens with zero attached hydrogens (tertiary/aromatic N) is 5. The van der Waals surface area contributed by atoms with Gasteiger partial charge < -0.3 is 20.3 Å². The molecule has 10 nitrogen and oxygen atoms in total. The molecule has 36 heavy (non-hydrogen) atoms. The molecule has 0 spiro atoms. The Hall–Kier alpha value is -2.72. The second-order valence-corrected chi connectivity index (χ2v) is 10.2. The molecular formula is C26H39N7O3. The third-order valence-electron chi connectivity index (χ3n) is 7.77. The fourth-order valence-corrected chi connectivity index (χ4v) is 5.58. The molecule has 196 valence electrons. The number of aromatic nitrogens is 3. The normalized spacial score (nSPS) is 20.5. The molecule has 0 aliphatic carbocycles. The first kappa shape index (κ1) is 25.0. The van der Waals surface area contributed by atoms with Crippen molar-refractivity contribution >= 4 is 28.5 Å². The van der Waals surface area contributed by atoms with Crippen molar-refractivity contribution in [1.29, 1.82) is 0 Å². The fraction of sp³-hybridized carbons (Fsp3) is 0.692. The Labute approximate surface area is 212 Å². The summed E-state index contributed by atoms with van der Waals surface area (Å²) in [6, 6.07) is 0.288. The van der Waals surface area contributed by atoms with E-state index < -0.39 is 0 Å². The number of aryl methyl sites for hydroxylation is 1. The number of likely N-dealkylation sites (tertiary alicyclic amines) is 2. The van der Waals surface area contributed by atoms with E-state index in [-0.39, 0.29) is 23.9 Å². The van der Waals surface area contributed by atoms with Crippen LogP contribution in [0.3, 0.4) is 0 Å². The van der Waals surface area contributed by atoms with Crippen LogP contribution in [0.15, 0.2) is 12.4 Å². The first-order valence-electron chi connectivity index (χ1n) is 13.6. The first-order valence-corrected chi connectivity index (χ1v) is 13.6. The second-order valence-electron chi connectivity index (χ2n) is 10.2. The minimum Gasteiger partial charge on any atom is -0.381 e. The van der Waals surface area contributed by atoms with Crippen LogP contribution in [-0.4, -0.2) is 94.4 Å². The summed E-state index contributed by atoms with van der Waals surface area (Å²) in [5.74, 6) is 0.0912. The molecule has 0 aromatic carbocycles. The number of amides is 2. The zero-order chi connectivity index (χ0) is 24.9. The van der Waals surface area contributed by atoms with Gasteiger partial charge in [-0.2, -0.15) is 5.10 Å². The van der Waals surface area contributed by atoms with Crippen molar-refractivity contribution in [2.24, 2.45) is 0 Å². The van der Waals surface area contributed by atoms with E-state index >= 15 is 0 Å². The van der Waals surface area contributed by atoms with Crippen molar-refractivity contribution in [3.05, 3.63) is 18.0 Å². The van der Waals surface area contributed by atoms with Crippen LogP contribution in [-0.2, 0) is 16.1 Å². The van der Waals surface area contributed by atoms with Crippen LogP contribution in [0.1, 0.15) is 62.2 Å². The molecule has 2 N–H and O–H groups in total. The van der Waals surface area contributed by atoms with E-state index in [1.165, 1.54) is 19.3 Å². The molecule has 3 aliphatic heterocycles. The van der Waals surface area contributed by atoms with Gasteiger partial charge >= 0.3 is 0 Å². The highest BCUT2D eigenvalue weighted by Crippen LogP contribution is 2.28. The highest BCUT2D eigenvalue weighted by atomic mass is 16.5. The number of carbonyl (C=O) groups is 2. The number of pyridine rings is 1. The Morgan fingerprint density at radius 2 is 1.75 bits per heavy atom. The van der Waals surface area contributed by atoms with Gasteiger partial charge in [-0.3, -0.25) is 14.5 Å². The topological polar surface area (TPSA) is 105 Å². The molecule has 2 aromatic rings. The molecule has 3 fully saturated rings. The number of anilines is 1. The standard InChI is InChI=1S/C26H39N7O3/c1-2-33-25-21(17-28-33)24(29-20-8-14-36-15-9-20)22(16-27-25)26(35)30-19-6-12-32(13-7-19)23(34)18-31-10-4-3-5-11-31/h16-17,19-20H,2-15,18H2,1H3,(H,27,29)(H,30,35). The largest absolute Gasteiger partial charge is 0.381 e. The van der Waals surface area contributed by atoms with Gasteiger partial charge in [0.1, 0.15) is 0 Å². The summed E-state index contributed by atoms with van der Waals surface area (Å²) in [4.78, 5) is 35.0. The molecule has 0 atom stereocenters. The van der Waals surface area contributed by atoms with Crippen LogP contribution in [0.4, 0.5) is 5.69 Å². The molecule has 5 rings (SSSR count). The van der Waals surface area contributed by atoms with Gasteiger partial charge in [0.2, 0.25) is 5.91 Å². The summed E-state index contributed by atoms with van der Waals surface area (Å²) in [7, 11) is 0. The molecule has 2 aromatic heterocycles. The predicted molar refractivity (Wildman–Crippen MR) is 138 cm³/mol. The Kier molecular flexibility index (Phi) is 8.01. The van der Waals surface area contributed by atoms with Gasteiger partial charge in [-0.15, -0.1) is 0 Å². The maximum absolute atomic E-state index is 13.4. The van der Waals surface area contributed by atoms with Gasteiger partial charge in [-0.1, -0.05) is 6.42 Å². The van der Waals surface area contributed by atoms with E-state index in [0.717, 1.165) is 68.7 Å². The third-order valence-corrected chi connectivity index (χ3v) is 7.77. The molecule has 3 saturated heterocycles. The van der Waals surface area contributed by atoms with Crippen LogP contribution in [0.5, 0.6) is 0 Å². The van der Waals surface area contributed by atoms with E-state index in [1.807, 2.05) is 16.5 Å². The van der Waals surface area contributed by atoms with Crippen LogP contribution in [0.25, 0.3) is 11.0 Å². The van der Waals surface area contributed by atoms with Crippen molar-refractivity contribution in [3.8, 4) is 0 Å². The number of piperidine rings is 2. The summed E-state index contributed by atoms with van der Waals surface area (Å²) in [6.07, 6.45) is 10.5.